The number of pyridine rings is 1. The van der Waals surface area contributed by atoms with Gasteiger partial charge in [-0.2, -0.15) is 0 Å². The molecule has 0 spiro atoms. The lowest BCUT2D eigenvalue weighted by atomic mass is 9.78. The first kappa shape index (κ1) is 23.8. The Balaban J connectivity index is 2.19. The fraction of sp³-hybridized carbons (Fsp3) is 0.346. The highest BCUT2D eigenvalue weighted by Crippen LogP contribution is 2.40. The average Bonchev–Trinajstić information content (AvgIpc) is 2.72. The predicted octanol–water partition coefficient (Wildman–Crippen LogP) is 5.78. The van der Waals surface area contributed by atoms with Gasteiger partial charge < -0.3 is 5.11 Å². The second kappa shape index (κ2) is 8.58. The number of phenols is 1. The standard InChI is InChI=1S/C26H32N2O3S/c1-25(2,3)22-15-19(16-23(24(22)29)26(4,5)6)18-28(20-11-10-14-27-17-20)32(30,31)21-12-8-7-9-13-21/h7-17,29H,18H2,1-6H3. The zero-order valence-electron chi connectivity index (χ0n) is 19.6. The van der Waals surface area contributed by atoms with Crippen LogP contribution in [0, 0.1) is 0 Å². The number of aromatic hydroxyl groups is 1. The molecule has 0 bridgehead atoms. The molecule has 0 aliphatic rings. The molecule has 0 unspecified atom stereocenters. The molecule has 1 N–H and O–H groups in total. The van der Waals surface area contributed by atoms with Crippen LogP contribution in [-0.2, 0) is 27.4 Å². The Morgan fingerprint density at radius 2 is 1.44 bits per heavy atom. The van der Waals surface area contributed by atoms with Crippen LogP contribution in [0.3, 0.4) is 0 Å². The molecule has 3 rings (SSSR count). The van der Waals surface area contributed by atoms with Gasteiger partial charge in [-0.15, -0.1) is 0 Å². The van der Waals surface area contributed by atoms with Crippen molar-refractivity contribution < 1.29 is 13.5 Å². The lowest BCUT2D eigenvalue weighted by Gasteiger charge is -2.30. The van der Waals surface area contributed by atoms with E-state index in [0.29, 0.717) is 5.69 Å². The number of sulfonamides is 1. The van der Waals surface area contributed by atoms with Crippen molar-refractivity contribution in [3.8, 4) is 5.75 Å². The van der Waals surface area contributed by atoms with Gasteiger partial charge in [0, 0.05) is 6.20 Å². The van der Waals surface area contributed by atoms with Crippen molar-refractivity contribution >= 4 is 15.7 Å². The maximum absolute atomic E-state index is 13.6. The van der Waals surface area contributed by atoms with Gasteiger partial charge in [0.25, 0.3) is 10.0 Å². The van der Waals surface area contributed by atoms with E-state index in [1.807, 2.05) is 53.7 Å². The first-order valence-electron chi connectivity index (χ1n) is 10.7. The molecule has 0 radical (unpaired) electrons. The van der Waals surface area contributed by atoms with Crippen LogP contribution >= 0.6 is 0 Å². The zero-order valence-corrected chi connectivity index (χ0v) is 20.4. The predicted molar refractivity (Wildman–Crippen MR) is 130 cm³/mol. The van der Waals surface area contributed by atoms with E-state index >= 15 is 0 Å². The van der Waals surface area contributed by atoms with Crippen LogP contribution in [0.5, 0.6) is 5.75 Å². The molecule has 1 heterocycles. The summed E-state index contributed by atoms with van der Waals surface area (Å²) in [4.78, 5) is 4.35. The molecule has 2 aromatic carbocycles. The fourth-order valence-corrected chi connectivity index (χ4v) is 5.09. The second-order valence-electron chi connectivity index (χ2n) is 10.1. The Bertz CT molecular complexity index is 1140. The summed E-state index contributed by atoms with van der Waals surface area (Å²) in [6, 6.07) is 15.7. The Labute approximate surface area is 191 Å². The van der Waals surface area contributed by atoms with Crippen LogP contribution in [0.2, 0.25) is 0 Å². The van der Waals surface area contributed by atoms with Crippen molar-refractivity contribution in [3.05, 3.63) is 83.7 Å². The van der Waals surface area contributed by atoms with Gasteiger partial charge >= 0.3 is 0 Å². The third-order valence-corrected chi connectivity index (χ3v) is 7.17. The first-order chi connectivity index (χ1) is 14.8. The first-order valence-corrected chi connectivity index (χ1v) is 12.1. The number of anilines is 1. The lowest BCUT2D eigenvalue weighted by molar-refractivity contribution is 0.422. The summed E-state index contributed by atoms with van der Waals surface area (Å²) in [5.41, 5.74) is 2.26. The van der Waals surface area contributed by atoms with Gasteiger partial charge in [-0.1, -0.05) is 59.7 Å². The fourth-order valence-electron chi connectivity index (χ4n) is 3.63. The zero-order chi connectivity index (χ0) is 23.7. The van der Waals surface area contributed by atoms with Gasteiger partial charge in [-0.05, 0) is 63.9 Å². The number of nitrogens with zero attached hydrogens (tertiary/aromatic N) is 2. The molecule has 32 heavy (non-hydrogen) atoms. The van der Waals surface area contributed by atoms with Crippen molar-refractivity contribution in [2.45, 2.75) is 63.8 Å². The van der Waals surface area contributed by atoms with Crippen molar-refractivity contribution in [3.63, 3.8) is 0 Å². The Morgan fingerprint density at radius 1 is 0.875 bits per heavy atom. The number of hydrogen-bond acceptors (Lipinski definition) is 4. The molecule has 0 aliphatic heterocycles. The van der Waals surface area contributed by atoms with E-state index in [-0.39, 0.29) is 28.0 Å². The number of phenolic OH excluding ortho intramolecular Hbond substituents is 1. The Morgan fingerprint density at radius 3 is 1.91 bits per heavy atom. The monoisotopic (exact) mass is 452 g/mol. The summed E-state index contributed by atoms with van der Waals surface area (Å²) in [5.74, 6) is 0.271. The van der Waals surface area contributed by atoms with Gasteiger partial charge in [-0.25, -0.2) is 8.42 Å². The molecule has 0 saturated carbocycles. The molecule has 0 fully saturated rings. The SMILES string of the molecule is CC(C)(C)c1cc(CN(c2cccnc2)S(=O)(=O)c2ccccc2)cc(C(C)(C)C)c1O. The minimum absolute atomic E-state index is 0.120. The van der Waals surface area contributed by atoms with Crippen LogP contribution in [0.25, 0.3) is 0 Å². The van der Waals surface area contributed by atoms with Crippen molar-refractivity contribution in [1.29, 1.82) is 0 Å². The normalized spacial score (nSPS) is 12.6. The molecule has 0 amide bonds. The summed E-state index contributed by atoms with van der Waals surface area (Å²) >= 11 is 0. The number of benzene rings is 2. The van der Waals surface area contributed by atoms with Crippen molar-refractivity contribution in [1.82, 2.24) is 4.98 Å². The summed E-state index contributed by atoms with van der Waals surface area (Å²) in [7, 11) is -3.83. The van der Waals surface area contributed by atoms with E-state index < -0.39 is 10.0 Å². The van der Waals surface area contributed by atoms with E-state index in [1.54, 1.807) is 54.9 Å². The van der Waals surface area contributed by atoms with Crippen LogP contribution in [0.4, 0.5) is 5.69 Å². The smallest absolute Gasteiger partial charge is 0.264 e. The molecule has 3 aromatic rings. The molecular formula is C26H32N2O3S. The number of hydrogen-bond donors (Lipinski definition) is 1. The van der Waals surface area contributed by atoms with Crippen LogP contribution < -0.4 is 4.31 Å². The Kier molecular flexibility index (Phi) is 6.38. The summed E-state index contributed by atoms with van der Waals surface area (Å²) < 4.78 is 28.6. The van der Waals surface area contributed by atoms with Gasteiger partial charge in [0.15, 0.2) is 0 Å². The van der Waals surface area contributed by atoms with Gasteiger partial charge in [0.2, 0.25) is 0 Å². The molecule has 6 heteroatoms. The summed E-state index contributed by atoms with van der Waals surface area (Å²) in [6.45, 7) is 12.4. The van der Waals surface area contributed by atoms with Crippen molar-refractivity contribution in [2.24, 2.45) is 0 Å². The van der Waals surface area contributed by atoms with Gasteiger partial charge in [0.05, 0.1) is 23.3 Å². The van der Waals surface area contributed by atoms with E-state index in [9.17, 15) is 13.5 Å². The quantitative estimate of drug-likeness (QED) is 0.533. The molecular weight excluding hydrogens is 420 g/mol. The average molecular weight is 453 g/mol. The largest absolute Gasteiger partial charge is 0.507 e. The maximum Gasteiger partial charge on any atom is 0.264 e. The maximum atomic E-state index is 13.6. The second-order valence-corrected chi connectivity index (χ2v) is 11.9. The van der Waals surface area contributed by atoms with E-state index in [0.717, 1.165) is 16.7 Å². The summed E-state index contributed by atoms with van der Waals surface area (Å²) in [5, 5.41) is 11.0. The van der Waals surface area contributed by atoms with Crippen molar-refractivity contribution in [2.75, 3.05) is 4.31 Å². The molecule has 0 atom stereocenters. The molecule has 1 aromatic heterocycles. The minimum Gasteiger partial charge on any atom is -0.507 e. The van der Waals surface area contributed by atoms with E-state index in [4.69, 9.17) is 0 Å². The summed E-state index contributed by atoms with van der Waals surface area (Å²) in [6.07, 6.45) is 3.17. The Hall–Kier alpha value is -2.86. The third kappa shape index (κ3) is 4.96. The number of aromatic nitrogens is 1. The highest BCUT2D eigenvalue weighted by atomic mass is 32.2. The highest BCUT2D eigenvalue weighted by Gasteiger charge is 2.29. The van der Waals surface area contributed by atoms with Gasteiger partial charge in [-0.3, -0.25) is 9.29 Å². The molecule has 0 saturated heterocycles. The highest BCUT2D eigenvalue weighted by molar-refractivity contribution is 7.92. The lowest BCUT2D eigenvalue weighted by Crippen LogP contribution is -2.31. The van der Waals surface area contributed by atoms with E-state index in [1.165, 1.54) is 4.31 Å². The topological polar surface area (TPSA) is 70.5 Å². The minimum atomic E-state index is -3.83. The van der Waals surface area contributed by atoms with Crippen LogP contribution in [0.1, 0.15) is 58.2 Å². The van der Waals surface area contributed by atoms with Gasteiger partial charge in [0.1, 0.15) is 5.75 Å². The molecule has 0 aliphatic carbocycles. The molecule has 5 nitrogen and oxygen atoms in total. The van der Waals surface area contributed by atoms with Crippen LogP contribution in [0.15, 0.2) is 71.9 Å². The molecule has 170 valence electrons. The third-order valence-electron chi connectivity index (χ3n) is 5.38. The number of rotatable bonds is 5. The van der Waals surface area contributed by atoms with Crippen LogP contribution in [-0.4, -0.2) is 18.5 Å². The van der Waals surface area contributed by atoms with E-state index in [2.05, 4.69) is 4.98 Å².